The van der Waals surface area contributed by atoms with Gasteiger partial charge in [0.2, 0.25) is 0 Å². The topological polar surface area (TPSA) is 82.1 Å². The lowest BCUT2D eigenvalue weighted by molar-refractivity contribution is -0.167. The molecule has 0 bridgehead atoms. The van der Waals surface area contributed by atoms with Gasteiger partial charge in [-0.3, -0.25) is 14.5 Å². The molecule has 0 radical (unpaired) electrons. The molecule has 0 N–H and O–H groups in total. The van der Waals surface area contributed by atoms with E-state index in [0.29, 0.717) is 5.57 Å². The minimum Gasteiger partial charge on any atom is -0.461 e. The van der Waals surface area contributed by atoms with Crippen LogP contribution >= 0.6 is 11.8 Å². The summed E-state index contributed by atoms with van der Waals surface area (Å²) < 4.78 is 15.7. The number of hydrogen-bond donors (Lipinski definition) is 0. The van der Waals surface area contributed by atoms with Gasteiger partial charge in [-0.1, -0.05) is 0 Å². The van der Waals surface area contributed by atoms with Crippen molar-refractivity contribution in [2.75, 3.05) is 13.7 Å². The van der Waals surface area contributed by atoms with Gasteiger partial charge in [-0.05, 0) is 27.7 Å². The zero-order valence-corrected chi connectivity index (χ0v) is 15.6. The molecule has 2 aliphatic heterocycles. The van der Waals surface area contributed by atoms with Gasteiger partial charge in [0.25, 0.3) is 5.91 Å². The predicted octanol–water partition coefficient (Wildman–Crippen LogP) is 1.46. The Hall–Kier alpha value is -1.54. The van der Waals surface area contributed by atoms with Crippen LogP contribution in [0.2, 0.25) is 0 Å². The van der Waals surface area contributed by atoms with Gasteiger partial charge in [0.15, 0.2) is 6.10 Å². The molecule has 3 atom stereocenters. The summed E-state index contributed by atoms with van der Waals surface area (Å²) in [4.78, 5) is 37.6. The summed E-state index contributed by atoms with van der Waals surface area (Å²) in [7, 11) is 1.47. The van der Waals surface area contributed by atoms with Crippen LogP contribution in [0.15, 0.2) is 11.3 Å². The van der Waals surface area contributed by atoms with Gasteiger partial charge in [-0.2, -0.15) is 0 Å². The van der Waals surface area contributed by atoms with Crippen molar-refractivity contribution in [3.8, 4) is 0 Å². The van der Waals surface area contributed by atoms with Gasteiger partial charge in [0.05, 0.1) is 0 Å². The quantitative estimate of drug-likeness (QED) is 0.556. The lowest BCUT2D eigenvalue weighted by Crippen LogP contribution is -2.66. The van der Waals surface area contributed by atoms with E-state index in [1.807, 2.05) is 6.92 Å². The van der Waals surface area contributed by atoms with Crippen LogP contribution in [-0.4, -0.2) is 58.8 Å². The molecule has 7 nitrogen and oxygen atoms in total. The Morgan fingerprint density at radius 3 is 2.42 bits per heavy atom. The van der Waals surface area contributed by atoms with Crippen LogP contribution in [0.5, 0.6) is 0 Å². The molecule has 1 unspecified atom stereocenters. The van der Waals surface area contributed by atoms with Crippen molar-refractivity contribution >= 4 is 29.6 Å². The number of thioether (sulfide) groups is 1. The number of nitrogens with zero attached hydrogens (tertiary/aromatic N) is 1. The SMILES string of the molecule is CO[C@H]1C(=O)N2C(C(=O)OC(C)(C)C)=C(COC(C)=O)C(C)S[C@H]12. The van der Waals surface area contributed by atoms with E-state index in [9.17, 15) is 14.4 Å². The number of esters is 2. The standard InChI is InChI=1S/C16H23NO6S/c1-8-10(7-22-9(2)18)11(15(20)23-16(3,4)5)17-13(19)12(21-6)14(17)24-8/h8,12,14H,7H2,1-6H3/t8?,12-,14+/m0/s1. The van der Waals surface area contributed by atoms with Crippen LogP contribution in [0, 0.1) is 0 Å². The summed E-state index contributed by atoms with van der Waals surface area (Å²) >= 11 is 1.49. The van der Waals surface area contributed by atoms with Crippen molar-refractivity contribution < 1.29 is 28.6 Å². The van der Waals surface area contributed by atoms with Crippen LogP contribution in [-0.2, 0) is 28.6 Å². The maximum Gasteiger partial charge on any atom is 0.355 e. The van der Waals surface area contributed by atoms with E-state index in [0.717, 1.165) is 0 Å². The molecule has 0 aromatic heterocycles. The Labute approximate surface area is 145 Å². The van der Waals surface area contributed by atoms with Crippen LogP contribution in [0.25, 0.3) is 0 Å². The highest BCUT2D eigenvalue weighted by molar-refractivity contribution is 8.00. The largest absolute Gasteiger partial charge is 0.461 e. The number of β-lactam (4-membered cyclic amide) rings is 1. The fourth-order valence-corrected chi connectivity index (χ4v) is 4.05. The molecule has 1 saturated heterocycles. The van der Waals surface area contributed by atoms with Gasteiger partial charge in [0, 0.05) is 24.9 Å². The fourth-order valence-electron chi connectivity index (χ4n) is 2.58. The molecule has 2 aliphatic rings. The molecule has 134 valence electrons. The maximum absolute atomic E-state index is 12.7. The number of hydrogen-bond acceptors (Lipinski definition) is 7. The van der Waals surface area contributed by atoms with E-state index in [-0.39, 0.29) is 28.8 Å². The third-order valence-electron chi connectivity index (χ3n) is 3.65. The highest BCUT2D eigenvalue weighted by Gasteiger charge is 2.56. The Kier molecular flexibility index (Phi) is 5.29. The van der Waals surface area contributed by atoms with E-state index in [2.05, 4.69) is 0 Å². The smallest absolute Gasteiger partial charge is 0.355 e. The molecule has 2 rings (SSSR count). The summed E-state index contributed by atoms with van der Waals surface area (Å²) in [6, 6.07) is 0. The van der Waals surface area contributed by atoms with Gasteiger partial charge < -0.3 is 14.2 Å². The Bertz CT molecular complexity index is 594. The Morgan fingerprint density at radius 2 is 1.92 bits per heavy atom. The van der Waals surface area contributed by atoms with Gasteiger partial charge >= 0.3 is 11.9 Å². The summed E-state index contributed by atoms with van der Waals surface area (Å²) in [5, 5.41) is -0.389. The van der Waals surface area contributed by atoms with Crippen molar-refractivity contribution in [1.82, 2.24) is 4.90 Å². The number of amides is 1. The fraction of sp³-hybridized carbons (Fsp3) is 0.688. The predicted molar refractivity (Wildman–Crippen MR) is 88.0 cm³/mol. The first-order valence-corrected chi connectivity index (χ1v) is 8.62. The first-order valence-electron chi connectivity index (χ1n) is 7.68. The molecule has 8 heteroatoms. The third kappa shape index (κ3) is 3.59. The van der Waals surface area contributed by atoms with Crippen molar-refractivity contribution in [3.63, 3.8) is 0 Å². The summed E-state index contributed by atoms with van der Waals surface area (Å²) in [6.07, 6.45) is -0.579. The van der Waals surface area contributed by atoms with E-state index >= 15 is 0 Å². The second-order valence-electron chi connectivity index (χ2n) is 6.69. The number of fused-ring (bicyclic) bond motifs is 1. The zero-order valence-electron chi connectivity index (χ0n) is 14.7. The molecule has 0 aromatic rings. The molecular weight excluding hydrogens is 334 g/mol. The first kappa shape index (κ1) is 18.8. The lowest BCUT2D eigenvalue weighted by Gasteiger charge is -2.50. The molecule has 0 spiro atoms. The summed E-state index contributed by atoms with van der Waals surface area (Å²) in [5.74, 6) is -1.33. The number of ether oxygens (including phenoxy) is 3. The van der Waals surface area contributed by atoms with E-state index in [1.54, 1.807) is 20.8 Å². The van der Waals surface area contributed by atoms with Crippen LogP contribution in [0.4, 0.5) is 0 Å². The summed E-state index contributed by atoms with van der Waals surface area (Å²) in [6.45, 7) is 8.42. The maximum atomic E-state index is 12.7. The highest BCUT2D eigenvalue weighted by atomic mass is 32.2. The Morgan fingerprint density at radius 1 is 1.29 bits per heavy atom. The van der Waals surface area contributed by atoms with Gasteiger partial charge in [-0.25, -0.2) is 4.79 Å². The molecule has 0 saturated carbocycles. The molecular formula is C16H23NO6S. The summed E-state index contributed by atoms with van der Waals surface area (Å²) in [5.41, 5.74) is 0.0402. The molecule has 1 amide bonds. The van der Waals surface area contributed by atoms with E-state index in [1.165, 1.54) is 30.7 Å². The average Bonchev–Trinajstić information content (AvgIpc) is 2.43. The second-order valence-corrected chi connectivity index (χ2v) is 8.15. The highest BCUT2D eigenvalue weighted by Crippen LogP contribution is 2.45. The van der Waals surface area contributed by atoms with Crippen molar-refractivity contribution in [2.45, 2.75) is 56.9 Å². The molecule has 2 heterocycles. The van der Waals surface area contributed by atoms with Crippen molar-refractivity contribution in [2.24, 2.45) is 0 Å². The first-order chi connectivity index (χ1) is 11.1. The van der Waals surface area contributed by atoms with Crippen LogP contribution in [0.3, 0.4) is 0 Å². The minimum absolute atomic E-state index is 0.0494. The average molecular weight is 357 g/mol. The molecule has 1 fully saturated rings. The number of carbonyl (C=O) groups excluding carboxylic acids is 3. The van der Waals surface area contributed by atoms with Crippen molar-refractivity contribution in [3.05, 3.63) is 11.3 Å². The zero-order chi connectivity index (χ0) is 18.2. The number of methoxy groups -OCH3 is 1. The van der Waals surface area contributed by atoms with Crippen molar-refractivity contribution in [1.29, 1.82) is 0 Å². The number of rotatable bonds is 4. The van der Waals surface area contributed by atoms with E-state index < -0.39 is 23.6 Å². The molecule has 0 aliphatic carbocycles. The minimum atomic E-state index is -0.700. The van der Waals surface area contributed by atoms with Gasteiger partial charge in [0.1, 0.15) is 23.3 Å². The van der Waals surface area contributed by atoms with Crippen LogP contribution < -0.4 is 0 Å². The normalized spacial score (nSPS) is 26.7. The number of carbonyl (C=O) groups is 3. The molecule has 0 aromatic carbocycles. The van der Waals surface area contributed by atoms with Crippen LogP contribution in [0.1, 0.15) is 34.6 Å². The molecule has 24 heavy (non-hydrogen) atoms. The van der Waals surface area contributed by atoms with E-state index in [4.69, 9.17) is 14.2 Å². The monoisotopic (exact) mass is 357 g/mol. The lowest BCUT2D eigenvalue weighted by atomic mass is 10.0. The second kappa shape index (κ2) is 6.76. The van der Waals surface area contributed by atoms with Gasteiger partial charge in [-0.15, -0.1) is 11.8 Å². The third-order valence-corrected chi connectivity index (χ3v) is 5.08. The Balaban J connectivity index is 2.40.